The molecule has 0 spiro atoms. The van der Waals surface area contributed by atoms with Crippen molar-refractivity contribution < 1.29 is 9.18 Å². The van der Waals surface area contributed by atoms with Crippen LogP contribution >= 0.6 is 11.6 Å². The first kappa shape index (κ1) is 20.9. The van der Waals surface area contributed by atoms with Crippen LogP contribution in [0.2, 0.25) is 5.02 Å². The molecule has 2 fully saturated rings. The van der Waals surface area contributed by atoms with Gasteiger partial charge in [-0.25, -0.2) is 4.39 Å². The van der Waals surface area contributed by atoms with E-state index in [1.165, 1.54) is 31.5 Å². The molecule has 1 aliphatic heterocycles. The number of nitrogens with zero attached hydrogens (tertiary/aromatic N) is 2. The largest absolute Gasteiger partial charge is 0.374 e. The molecule has 1 atom stereocenters. The van der Waals surface area contributed by atoms with Crippen molar-refractivity contribution in [3.05, 3.63) is 53.3 Å². The predicted molar refractivity (Wildman–Crippen MR) is 121 cm³/mol. The van der Waals surface area contributed by atoms with Crippen LogP contribution in [0.1, 0.15) is 19.8 Å². The van der Waals surface area contributed by atoms with E-state index in [4.69, 9.17) is 11.6 Å². The Hall–Kier alpha value is -2.31. The highest BCUT2D eigenvalue weighted by Gasteiger charge is 2.26. The van der Waals surface area contributed by atoms with Gasteiger partial charge >= 0.3 is 0 Å². The van der Waals surface area contributed by atoms with Crippen LogP contribution in [0.5, 0.6) is 0 Å². The number of anilines is 3. The second kappa shape index (κ2) is 9.23. The van der Waals surface area contributed by atoms with Crippen LogP contribution in [0, 0.1) is 11.7 Å². The zero-order valence-electron chi connectivity index (χ0n) is 17.2. The number of carbonyl (C=O) groups excluding carboxylic acids is 1. The maximum atomic E-state index is 13.9. The number of amides is 1. The fourth-order valence-electron chi connectivity index (χ4n) is 3.79. The molecule has 5 nitrogen and oxygen atoms in total. The molecule has 0 bridgehead atoms. The first-order chi connectivity index (χ1) is 14.5. The lowest BCUT2D eigenvalue weighted by molar-refractivity contribution is -0.116. The van der Waals surface area contributed by atoms with Crippen LogP contribution in [-0.2, 0) is 4.79 Å². The average molecular weight is 431 g/mol. The molecule has 4 rings (SSSR count). The molecule has 2 N–H and O–H groups in total. The minimum Gasteiger partial charge on any atom is -0.374 e. The van der Waals surface area contributed by atoms with Crippen molar-refractivity contribution in [2.24, 2.45) is 5.92 Å². The van der Waals surface area contributed by atoms with Gasteiger partial charge < -0.3 is 15.5 Å². The zero-order chi connectivity index (χ0) is 21.1. The molecule has 0 aromatic heterocycles. The van der Waals surface area contributed by atoms with Crippen molar-refractivity contribution in [1.29, 1.82) is 0 Å². The Balaban J connectivity index is 1.32. The number of carbonyl (C=O) groups is 1. The van der Waals surface area contributed by atoms with Crippen LogP contribution in [-0.4, -0.2) is 49.6 Å². The van der Waals surface area contributed by atoms with Crippen molar-refractivity contribution in [3.63, 3.8) is 0 Å². The Bertz CT molecular complexity index is 897. The summed E-state index contributed by atoms with van der Waals surface area (Å²) in [6, 6.07) is 11.8. The summed E-state index contributed by atoms with van der Waals surface area (Å²) in [6.07, 6.45) is 2.79. The van der Waals surface area contributed by atoms with Gasteiger partial charge in [-0.15, -0.1) is 0 Å². The molecule has 1 heterocycles. The molecule has 1 saturated heterocycles. The number of nitrogens with one attached hydrogen (secondary N) is 2. The summed E-state index contributed by atoms with van der Waals surface area (Å²) in [5, 5.41) is 6.12. The van der Waals surface area contributed by atoms with Crippen molar-refractivity contribution in [3.8, 4) is 0 Å². The van der Waals surface area contributed by atoms with Crippen molar-refractivity contribution in [2.75, 3.05) is 48.3 Å². The quantitative estimate of drug-likeness (QED) is 0.681. The Morgan fingerprint density at radius 3 is 2.63 bits per heavy atom. The first-order valence-corrected chi connectivity index (χ1v) is 11.0. The van der Waals surface area contributed by atoms with Gasteiger partial charge in [-0.1, -0.05) is 17.7 Å². The standard InChI is InChI=1S/C23H28ClFN4O/c1-16(23(30)27-22-8-7-18(24)13-21(22)25)26-19-3-2-4-20(14-19)29-11-9-28(10-12-29)15-17-5-6-17/h2-4,7-8,13-14,16-17,26H,5-6,9-12,15H2,1H3,(H,27,30). The van der Waals surface area contributed by atoms with Crippen molar-refractivity contribution >= 4 is 34.6 Å². The Morgan fingerprint density at radius 1 is 1.17 bits per heavy atom. The lowest BCUT2D eigenvalue weighted by atomic mass is 10.2. The van der Waals surface area contributed by atoms with Gasteiger partial charge in [-0.05, 0) is 62.1 Å². The summed E-state index contributed by atoms with van der Waals surface area (Å²) in [5.74, 6) is 0.0688. The third-order valence-corrected chi connectivity index (χ3v) is 6.00. The maximum Gasteiger partial charge on any atom is 0.246 e. The van der Waals surface area contributed by atoms with Gasteiger partial charge in [0, 0.05) is 49.1 Å². The maximum absolute atomic E-state index is 13.9. The minimum absolute atomic E-state index is 0.121. The van der Waals surface area contributed by atoms with Crippen molar-refractivity contribution in [1.82, 2.24) is 4.90 Å². The van der Waals surface area contributed by atoms with Gasteiger partial charge in [0.15, 0.2) is 0 Å². The third kappa shape index (κ3) is 5.43. The molecule has 30 heavy (non-hydrogen) atoms. The number of hydrogen-bond acceptors (Lipinski definition) is 4. The SMILES string of the molecule is CC(Nc1cccc(N2CCN(CC3CC3)CC2)c1)C(=O)Nc1ccc(Cl)cc1F. The molecule has 2 aromatic rings. The molecular weight excluding hydrogens is 403 g/mol. The molecule has 1 saturated carbocycles. The van der Waals surface area contributed by atoms with Gasteiger partial charge in [0.25, 0.3) is 0 Å². The summed E-state index contributed by atoms with van der Waals surface area (Å²) >= 11 is 5.76. The Labute approximate surface area is 182 Å². The summed E-state index contributed by atoms with van der Waals surface area (Å²) in [4.78, 5) is 17.4. The van der Waals surface area contributed by atoms with Gasteiger partial charge in [-0.3, -0.25) is 9.69 Å². The van der Waals surface area contributed by atoms with E-state index in [1.54, 1.807) is 13.0 Å². The van der Waals surface area contributed by atoms with Gasteiger partial charge in [0.1, 0.15) is 11.9 Å². The second-order valence-electron chi connectivity index (χ2n) is 8.26. The van der Waals surface area contributed by atoms with Crippen molar-refractivity contribution in [2.45, 2.75) is 25.8 Å². The van der Waals surface area contributed by atoms with E-state index in [0.717, 1.165) is 43.5 Å². The van der Waals surface area contributed by atoms with Crippen LogP contribution in [0.15, 0.2) is 42.5 Å². The summed E-state index contributed by atoms with van der Waals surface area (Å²) in [6.45, 7) is 7.23. The highest BCUT2D eigenvalue weighted by Crippen LogP contribution is 2.30. The highest BCUT2D eigenvalue weighted by molar-refractivity contribution is 6.30. The van der Waals surface area contributed by atoms with Crippen LogP contribution < -0.4 is 15.5 Å². The summed E-state index contributed by atoms with van der Waals surface area (Å²) in [7, 11) is 0. The molecule has 0 radical (unpaired) electrons. The minimum atomic E-state index is -0.550. The first-order valence-electron chi connectivity index (χ1n) is 10.6. The number of benzene rings is 2. The van der Waals surface area contributed by atoms with Gasteiger partial charge in [-0.2, -0.15) is 0 Å². The molecule has 2 aliphatic rings. The monoisotopic (exact) mass is 430 g/mol. The number of rotatable bonds is 7. The number of piperazine rings is 1. The van der Waals surface area contributed by atoms with E-state index in [-0.39, 0.29) is 11.6 Å². The molecule has 7 heteroatoms. The highest BCUT2D eigenvalue weighted by atomic mass is 35.5. The van der Waals surface area contributed by atoms with E-state index in [1.807, 2.05) is 12.1 Å². The average Bonchev–Trinajstić information content (AvgIpc) is 3.55. The lowest BCUT2D eigenvalue weighted by Gasteiger charge is -2.36. The van der Waals surface area contributed by atoms with Crippen LogP contribution in [0.3, 0.4) is 0 Å². The Kier molecular flexibility index (Phi) is 6.44. The van der Waals surface area contributed by atoms with E-state index in [9.17, 15) is 9.18 Å². The normalized spacial score (nSPS) is 18.2. The second-order valence-corrected chi connectivity index (χ2v) is 8.70. The smallest absolute Gasteiger partial charge is 0.246 e. The fourth-order valence-corrected chi connectivity index (χ4v) is 3.95. The lowest BCUT2D eigenvalue weighted by Crippen LogP contribution is -2.47. The van der Waals surface area contributed by atoms with E-state index in [2.05, 4.69) is 32.6 Å². The number of hydrogen-bond donors (Lipinski definition) is 2. The van der Waals surface area contributed by atoms with Gasteiger partial charge in [0.05, 0.1) is 5.69 Å². The summed E-state index contributed by atoms with van der Waals surface area (Å²) in [5.41, 5.74) is 2.14. The fraction of sp³-hybridized carbons (Fsp3) is 0.435. The topological polar surface area (TPSA) is 47.6 Å². The summed E-state index contributed by atoms with van der Waals surface area (Å²) < 4.78 is 13.9. The molecule has 1 unspecified atom stereocenters. The Morgan fingerprint density at radius 2 is 1.93 bits per heavy atom. The van der Waals surface area contributed by atoms with E-state index in [0.29, 0.717) is 5.02 Å². The molecular formula is C23H28ClFN4O. The molecule has 160 valence electrons. The molecule has 2 aromatic carbocycles. The van der Waals surface area contributed by atoms with Gasteiger partial charge in [0.2, 0.25) is 5.91 Å². The third-order valence-electron chi connectivity index (χ3n) is 5.76. The number of halogens is 2. The predicted octanol–water partition coefficient (Wildman–Crippen LogP) is 4.45. The molecule has 1 aliphatic carbocycles. The zero-order valence-corrected chi connectivity index (χ0v) is 18.0. The van der Waals surface area contributed by atoms with Crippen LogP contribution in [0.4, 0.5) is 21.5 Å². The van der Waals surface area contributed by atoms with E-state index >= 15 is 0 Å². The van der Waals surface area contributed by atoms with Crippen LogP contribution in [0.25, 0.3) is 0 Å². The molecule has 1 amide bonds. The van der Waals surface area contributed by atoms with E-state index < -0.39 is 11.9 Å².